The van der Waals surface area contributed by atoms with E-state index in [-0.39, 0.29) is 6.04 Å². The molecular weight excluding hydrogens is 284 g/mol. The average molecular weight is 302 g/mol. The molecule has 0 aliphatic rings. The fraction of sp³-hybridized carbons (Fsp3) is 0.250. The summed E-state index contributed by atoms with van der Waals surface area (Å²) in [6.45, 7) is 4.13. The standard InChI is InChI=1S/C16H18N2O2S/c1-11-9-13(6-7-15(19)20)10-17-16(11)18(3)12(2)14-5-4-8-21-14/h4-10,12H,1-3H3,(H,19,20)/b7-6+. The molecule has 0 amide bonds. The van der Waals surface area contributed by atoms with Crippen molar-refractivity contribution in [1.29, 1.82) is 0 Å². The Balaban J connectivity index is 2.22. The van der Waals surface area contributed by atoms with E-state index in [9.17, 15) is 4.79 Å². The molecule has 1 N–H and O–H groups in total. The maximum absolute atomic E-state index is 10.5. The fourth-order valence-electron chi connectivity index (χ4n) is 2.12. The topological polar surface area (TPSA) is 53.4 Å². The number of thiophene rings is 1. The zero-order valence-electron chi connectivity index (χ0n) is 12.3. The van der Waals surface area contributed by atoms with E-state index in [0.717, 1.165) is 23.0 Å². The lowest BCUT2D eigenvalue weighted by Gasteiger charge is -2.26. The van der Waals surface area contributed by atoms with E-state index in [4.69, 9.17) is 5.11 Å². The van der Waals surface area contributed by atoms with Gasteiger partial charge in [0.15, 0.2) is 0 Å². The third-order valence-corrected chi connectivity index (χ3v) is 4.40. The van der Waals surface area contributed by atoms with Crippen LogP contribution in [0.5, 0.6) is 0 Å². The molecule has 0 aliphatic heterocycles. The number of aromatic nitrogens is 1. The molecule has 0 radical (unpaired) electrons. The molecule has 2 heterocycles. The molecule has 0 fully saturated rings. The second-order valence-corrected chi connectivity index (χ2v) is 5.86. The number of anilines is 1. The Morgan fingerprint density at radius 1 is 1.52 bits per heavy atom. The first-order chi connectivity index (χ1) is 9.99. The van der Waals surface area contributed by atoms with Crippen LogP contribution in [0.15, 0.2) is 35.9 Å². The van der Waals surface area contributed by atoms with Crippen molar-refractivity contribution >= 4 is 29.2 Å². The largest absolute Gasteiger partial charge is 0.478 e. The van der Waals surface area contributed by atoms with Crippen LogP contribution in [-0.2, 0) is 4.79 Å². The average Bonchev–Trinajstić information content (AvgIpc) is 2.98. The van der Waals surface area contributed by atoms with Crippen LogP contribution in [0.4, 0.5) is 5.82 Å². The van der Waals surface area contributed by atoms with Gasteiger partial charge in [-0.3, -0.25) is 0 Å². The molecule has 21 heavy (non-hydrogen) atoms. The molecule has 2 aromatic rings. The number of rotatable bonds is 5. The van der Waals surface area contributed by atoms with Crippen molar-refractivity contribution in [1.82, 2.24) is 4.98 Å². The molecule has 0 saturated heterocycles. The maximum atomic E-state index is 10.5. The molecule has 0 aromatic carbocycles. The summed E-state index contributed by atoms with van der Waals surface area (Å²) in [5.74, 6) is -0.0523. The predicted molar refractivity (Wildman–Crippen MR) is 86.8 cm³/mol. The number of nitrogens with zero attached hydrogens (tertiary/aromatic N) is 2. The number of hydrogen-bond donors (Lipinski definition) is 1. The van der Waals surface area contributed by atoms with E-state index in [1.54, 1.807) is 23.6 Å². The van der Waals surface area contributed by atoms with Crippen LogP contribution in [-0.4, -0.2) is 23.1 Å². The third-order valence-electron chi connectivity index (χ3n) is 3.36. The van der Waals surface area contributed by atoms with E-state index in [2.05, 4.69) is 28.3 Å². The van der Waals surface area contributed by atoms with E-state index < -0.39 is 5.97 Å². The second kappa shape index (κ2) is 6.54. The van der Waals surface area contributed by atoms with Crippen LogP contribution >= 0.6 is 11.3 Å². The molecule has 0 bridgehead atoms. The highest BCUT2D eigenvalue weighted by atomic mass is 32.1. The molecule has 4 nitrogen and oxygen atoms in total. The molecule has 1 atom stereocenters. The fourth-order valence-corrected chi connectivity index (χ4v) is 2.95. The minimum absolute atomic E-state index is 0.247. The van der Waals surface area contributed by atoms with Gasteiger partial charge in [0.1, 0.15) is 5.82 Å². The van der Waals surface area contributed by atoms with Crippen LogP contribution < -0.4 is 4.90 Å². The highest BCUT2D eigenvalue weighted by Crippen LogP contribution is 2.29. The molecular formula is C16H18N2O2S. The SMILES string of the molecule is Cc1cc(/C=C/C(=O)O)cnc1N(C)C(C)c1cccs1. The summed E-state index contributed by atoms with van der Waals surface area (Å²) < 4.78 is 0. The molecule has 0 saturated carbocycles. The Morgan fingerprint density at radius 3 is 2.86 bits per heavy atom. The molecule has 2 aromatic heterocycles. The lowest BCUT2D eigenvalue weighted by molar-refractivity contribution is -0.131. The smallest absolute Gasteiger partial charge is 0.328 e. The van der Waals surface area contributed by atoms with E-state index >= 15 is 0 Å². The highest BCUT2D eigenvalue weighted by Gasteiger charge is 2.16. The number of aryl methyl sites for hydroxylation is 1. The van der Waals surface area contributed by atoms with Gasteiger partial charge in [0, 0.05) is 24.2 Å². The first kappa shape index (κ1) is 15.3. The molecule has 5 heteroatoms. The molecule has 0 aliphatic carbocycles. The molecule has 2 rings (SSSR count). The summed E-state index contributed by atoms with van der Waals surface area (Å²) in [6.07, 6.45) is 4.36. The number of pyridine rings is 1. The zero-order valence-corrected chi connectivity index (χ0v) is 13.1. The molecule has 1 unspecified atom stereocenters. The molecule has 110 valence electrons. The lowest BCUT2D eigenvalue weighted by atomic mass is 10.1. The van der Waals surface area contributed by atoms with Gasteiger partial charge in [-0.2, -0.15) is 0 Å². The van der Waals surface area contributed by atoms with Crippen molar-refractivity contribution in [2.75, 3.05) is 11.9 Å². The minimum atomic E-state index is -0.958. The summed E-state index contributed by atoms with van der Waals surface area (Å²) in [5, 5.41) is 10.7. The number of aliphatic carboxylic acids is 1. The van der Waals surface area contributed by atoms with E-state index in [0.29, 0.717) is 0 Å². The van der Waals surface area contributed by atoms with Crippen molar-refractivity contribution < 1.29 is 9.90 Å². The van der Waals surface area contributed by atoms with Gasteiger partial charge in [-0.1, -0.05) is 6.07 Å². The molecule has 0 spiro atoms. The Hall–Kier alpha value is -2.14. The van der Waals surface area contributed by atoms with Gasteiger partial charge in [-0.25, -0.2) is 9.78 Å². The highest BCUT2D eigenvalue weighted by molar-refractivity contribution is 7.10. The van der Waals surface area contributed by atoms with Gasteiger partial charge in [0.2, 0.25) is 0 Å². The van der Waals surface area contributed by atoms with Crippen LogP contribution in [0.1, 0.15) is 29.0 Å². The first-order valence-electron chi connectivity index (χ1n) is 6.63. The van der Waals surface area contributed by atoms with Crippen LogP contribution in [0.3, 0.4) is 0 Å². The summed E-state index contributed by atoms with van der Waals surface area (Å²) >= 11 is 1.73. The van der Waals surface area contributed by atoms with Gasteiger partial charge < -0.3 is 10.0 Å². The number of hydrogen-bond acceptors (Lipinski definition) is 4. The van der Waals surface area contributed by atoms with Crippen molar-refractivity contribution in [3.8, 4) is 0 Å². The van der Waals surface area contributed by atoms with Crippen molar-refractivity contribution in [3.63, 3.8) is 0 Å². The third kappa shape index (κ3) is 3.70. The quantitative estimate of drug-likeness (QED) is 0.855. The van der Waals surface area contributed by atoms with E-state index in [1.807, 2.05) is 26.1 Å². The van der Waals surface area contributed by atoms with Crippen LogP contribution in [0, 0.1) is 6.92 Å². The van der Waals surface area contributed by atoms with Gasteiger partial charge in [0.25, 0.3) is 0 Å². The minimum Gasteiger partial charge on any atom is -0.478 e. The second-order valence-electron chi connectivity index (χ2n) is 4.88. The van der Waals surface area contributed by atoms with Gasteiger partial charge in [-0.05, 0) is 48.6 Å². The predicted octanol–water partition coefficient (Wildman–Crippen LogP) is 3.75. The Morgan fingerprint density at radius 2 is 2.29 bits per heavy atom. The van der Waals surface area contributed by atoms with Gasteiger partial charge in [-0.15, -0.1) is 11.3 Å². The zero-order chi connectivity index (χ0) is 15.4. The lowest BCUT2D eigenvalue weighted by Crippen LogP contribution is -2.22. The Kier molecular flexibility index (Phi) is 4.75. The van der Waals surface area contributed by atoms with Gasteiger partial charge in [0.05, 0.1) is 6.04 Å². The monoisotopic (exact) mass is 302 g/mol. The first-order valence-corrected chi connectivity index (χ1v) is 7.51. The summed E-state index contributed by atoms with van der Waals surface area (Å²) in [5.41, 5.74) is 1.81. The Bertz CT molecular complexity index is 650. The normalized spacial score (nSPS) is 12.5. The Labute approximate surface area is 128 Å². The van der Waals surface area contributed by atoms with Crippen LogP contribution in [0.2, 0.25) is 0 Å². The summed E-state index contributed by atoms with van der Waals surface area (Å²) in [4.78, 5) is 18.4. The summed E-state index contributed by atoms with van der Waals surface area (Å²) in [7, 11) is 2.02. The number of carbonyl (C=O) groups is 1. The maximum Gasteiger partial charge on any atom is 0.328 e. The van der Waals surface area contributed by atoms with Crippen LogP contribution in [0.25, 0.3) is 6.08 Å². The van der Waals surface area contributed by atoms with E-state index in [1.165, 1.54) is 4.88 Å². The number of carboxylic acids is 1. The van der Waals surface area contributed by atoms with Crippen molar-refractivity contribution in [3.05, 3.63) is 51.9 Å². The van der Waals surface area contributed by atoms with Gasteiger partial charge >= 0.3 is 5.97 Å². The summed E-state index contributed by atoms with van der Waals surface area (Å²) in [6, 6.07) is 6.35. The van der Waals surface area contributed by atoms with Crippen molar-refractivity contribution in [2.24, 2.45) is 0 Å². The number of carboxylic acid groups (broad SMARTS) is 1. The van der Waals surface area contributed by atoms with Crippen molar-refractivity contribution in [2.45, 2.75) is 19.9 Å².